The molecule has 2 rings (SSSR count). The lowest BCUT2D eigenvalue weighted by molar-refractivity contribution is 0.0939. The summed E-state index contributed by atoms with van der Waals surface area (Å²) < 4.78 is 0.960. The van der Waals surface area contributed by atoms with Crippen LogP contribution in [0, 0.1) is 6.92 Å². The number of thiazole rings is 1. The van der Waals surface area contributed by atoms with Crippen LogP contribution in [0.3, 0.4) is 0 Å². The summed E-state index contributed by atoms with van der Waals surface area (Å²) in [6.45, 7) is 3.89. The molecule has 5 heteroatoms. The van der Waals surface area contributed by atoms with E-state index in [2.05, 4.69) is 26.2 Å². The molecular weight excluding hydrogens is 312 g/mol. The monoisotopic (exact) mass is 324 g/mol. The summed E-state index contributed by atoms with van der Waals surface area (Å²) in [5.41, 5.74) is 1.56. The average molecular weight is 325 g/mol. The number of carbonyl (C=O) groups is 1. The normalized spacial score (nSPS) is 12.2. The molecule has 1 unspecified atom stereocenters. The van der Waals surface area contributed by atoms with Gasteiger partial charge >= 0.3 is 0 Å². The summed E-state index contributed by atoms with van der Waals surface area (Å²) in [5, 5.41) is 5.92. The number of halogens is 1. The van der Waals surface area contributed by atoms with Gasteiger partial charge in [0.15, 0.2) is 0 Å². The maximum absolute atomic E-state index is 12.0. The molecule has 0 fully saturated rings. The van der Waals surface area contributed by atoms with Crippen LogP contribution in [-0.4, -0.2) is 10.9 Å². The molecule has 1 amide bonds. The minimum atomic E-state index is -0.0827. The van der Waals surface area contributed by atoms with Crippen LogP contribution in [0.25, 0.3) is 0 Å². The van der Waals surface area contributed by atoms with Crippen molar-refractivity contribution < 1.29 is 4.79 Å². The summed E-state index contributed by atoms with van der Waals surface area (Å²) in [6, 6.07) is 7.21. The molecule has 0 bridgehead atoms. The predicted octanol–water partition coefficient (Wildman–Crippen LogP) is 3.71. The smallest absolute Gasteiger partial charge is 0.251 e. The van der Waals surface area contributed by atoms with E-state index in [-0.39, 0.29) is 11.9 Å². The zero-order valence-corrected chi connectivity index (χ0v) is 12.5. The summed E-state index contributed by atoms with van der Waals surface area (Å²) >= 11 is 4.93. The van der Waals surface area contributed by atoms with Crippen molar-refractivity contribution in [2.45, 2.75) is 19.9 Å². The Morgan fingerprint density at radius 2 is 2.06 bits per heavy atom. The van der Waals surface area contributed by atoms with E-state index < -0.39 is 0 Å². The fourth-order valence-electron chi connectivity index (χ4n) is 1.53. The molecule has 1 atom stereocenters. The Bertz CT molecular complexity index is 550. The van der Waals surface area contributed by atoms with Crippen LogP contribution in [0.2, 0.25) is 0 Å². The third-order valence-electron chi connectivity index (χ3n) is 2.53. The Balaban J connectivity index is 2.05. The number of rotatable bonds is 3. The molecule has 0 spiro atoms. The largest absolute Gasteiger partial charge is 0.344 e. The van der Waals surface area contributed by atoms with Gasteiger partial charge in [-0.15, -0.1) is 11.3 Å². The number of benzene rings is 1. The first-order valence-corrected chi connectivity index (χ1v) is 7.22. The Morgan fingerprint density at radius 3 is 2.61 bits per heavy atom. The zero-order chi connectivity index (χ0) is 13.1. The van der Waals surface area contributed by atoms with Crippen molar-refractivity contribution >= 4 is 33.2 Å². The van der Waals surface area contributed by atoms with Gasteiger partial charge in [0, 0.05) is 15.4 Å². The number of aromatic nitrogens is 1. The van der Waals surface area contributed by atoms with E-state index in [0.717, 1.165) is 15.2 Å². The summed E-state index contributed by atoms with van der Waals surface area (Å²) in [6.07, 6.45) is 0. The number of hydrogen-bond donors (Lipinski definition) is 1. The molecule has 0 radical (unpaired) electrons. The van der Waals surface area contributed by atoms with Crippen LogP contribution >= 0.6 is 27.3 Å². The van der Waals surface area contributed by atoms with E-state index in [0.29, 0.717) is 5.56 Å². The fourth-order valence-corrected chi connectivity index (χ4v) is 2.50. The molecule has 1 aromatic carbocycles. The van der Waals surface area contributed by atoms with Gasteiger partial charge in [0.2, 0.25) is 0 Å². The van der Waals surface area contributed by atoms with Crippen molar-refractivity contribution in [1.29, 1.82) is 0 Å². The van der Waals surface area contributed by atoms with Gasteiger partial charge in [0.1, 0.15) is 0 Å². The molecular formula is C13H13BrN2OS. The fraction of sp³-hybridized carbons (Fsp3) is 0.231. The average Bonchev–Trinajstić information content (AvgIpc) is 2.76. The first-order valence-electron chi connectivity index (χ1n) is 5.54. The van der Waals surface area contributed by atoms with Crippen LogP contribution < -0.4 is 5.32 Å². The molecule has 1 aromatic heterocycles. The van der Waals surface area contributed by atoms with Crippen molar-refractivity contribution in [1.82, 2.24) is 10.3 Å². The first-order chi connectivity index (χ1) is 8.56. The van der Waals surface area contributed by atoms with Crippen molar-refractivity contribution in [2.75, 3.05) is 0 Å². The number of nitrogens with zero attached hydrogens (tertiary/aromatic N) is 1. The molecule has 0 aliphatic heterocycles. The van der Waals surface area contributed by atoms with Gasteiger partial charge in [-0.1, -0.05) is 15.9 Å². The third kappa shape index (κ3) is 3.17. The van der Waals surface area contributed by atoms with Crippen molar-refractivity contribution in [2.24, 2.45) is 0 Å². The standard InChI is InChI=1S/C13H13BrN2OS/c1-8(12-7-18-9(2)16-12)15-13(17)10-3-5-11(14)6-4-10/h3-8H,1-2H3,(H,15,17). The Hall–Kier alpha value is -1.20. The van der Waals surface area contributed by atoms with Crippen LogP contribution in [0.5, 0.6) is 0 Å². The SMILES string of the molecule is Cc1nc(C(C)NC(=O)c2ccc(Br)cc2)cs1. The van der Waals surface area contributed by atoms with E-state index in [1.807, 2.05) is 31.4 Å². The van der Waals surface area contributed by atoms with Crippen LogP contribution in [0.4, 0.5) is 0 Å². The van der Waals surface area contributed by atoms with Crippen LogP contribution in [0.1, 0.15) is 34.0 Å². The molecule has 1 N–H and O–H groups in total. The van der Waals surface area contributed by atoms with E-state index in [9.17, 15) is 4.79 Å². The lowest BCUT2D eigenvalue weighted by Crippen LogP contribution is -2.26. The lowest BCUT2D eigenvalue weighted by atomic mass is 10.2. The van der Waals surface area contributed by atoms with E-state index in [4.69, 9.17) is 0 Å². The van der Waals surface area contributed by atoms with Gasteiger partial charge in [-0.05, 0) is 38.1 Å². The molecule has 18 heavy (non-hydrogen) atoms. The number of nitrogens with one attached hydrogen (secondary N) is 1. The van der Waals surface area contributed by atoms with Crippen molar-refractivity contribution in [3.8, 4) is 0 Å². The number of carbonyl (C=O) groups excluding carboxylic acids is 1. The summed E-state index contributed by atoms with van der Waals surface area (Å²) in [4.78, 5) is 16.4. The molecule has 1 heterocycles. The van der Waals surface area contributed by atoms with Gasteiger partial charge in [-0.3, -0.25) is 4.79 Å². The Morgan fingerprint density at radius 1 is 1.39 bits per heavy atom. The Kier molecular flexibility index (Phi) is 4.14. The highest BCUT2D eigenvalue weighted by Gasteiger charge is 2.13. The van der Waals surface area contributed by atoms with Gasteiger partial charge in [-0.2, -0.15) is 0 Å². The van der Waals surface area contributed by atoms with Crippen molar-refractivity contribution in [3.05, 3.63) is 50.4 Å². The number of hydrogen-bond acceptors (Lipinski definition) is 3. The topological polar surface area (TPSA) is 42.0 Å². The summed E-state index contributed by atoms with van der Waals surface area (Å²) in [5.74, 6) is -0.0827. The molecule has 3 nitrogen and oxygen atoms in total. The highest BCUT2D eigenvalue weighted by molar-refractivity contribution is 9.10. The quantitative estimate of drug-likeness (QED) is 0.935. The lowest BCUT2D eigenvalue weighted by Gasteiger charge is -2.11. The van der Waals surface area contributed by atoms with Crippen LogP contribution in [-0.2, 0) is 0 Å². The van der Waals surface area contributed by atoms with Crippen LogP contribution in [0.15, 0.2) is 34.1 Å². The minimum Gasteiger partial charge on any atom is -0.344 e. The molecule has 2 aromatic rings. The second-order valence-corrected chi connectivity index (χ2v) is 5.97. The van der Waals surface area contributed by atoms with E-state index >= 15 is 0 Å². The Labute approximate surface area is 118 Å². The highest BCUT2D eigenvalue weighted by atomic mass is 79.9. The number of amides is 1. The van der Waals surface area contributed by atoms with E-state index in [1.165, 1.54) is 0 Å². The predicted molar refractivity (Wildman–Crippen MR) is 76.9 cm³/mol. The zero-order valence-electron chi connectivity index (χ0n) is 10.1. The van der Waals surface area contributed by atoms with Crippen molar-refractivity contribution in [3.63, 3.8) is 0 Å². The molecule has 0 aliphatic rings. The summed E-state index contributed by atoms with van der Waals surface area (Å²) in [7, 11) is 0. The first kappa shape index (κ1) is 13.2. The molecule has 94 valence electrons. The highest BCUT2D eigenvalue weighted by Crippen LogP contribution is 2.17. The van der Waals surface area contributed by atoms with Gasteiger partial charge < -0.3 is 5.32 Å². The third-order valence-corrected chi connectivity index (χ3v) is 3.85. The molecule has 0 aliphatic carbocycles. The van der Waals surface area contributed by atoms with Gasteiger partial charge in [0.25, 0.3) is 5.91 Å². The van der Waals surface area contributed by atoms with Gasteiger partial charge in [0.05, 0.1) is 16.7 Å². The van der Waals surface area contributed by atoms with E-state index in [1.54, 1.807) is 23.5 Å². The minimum absolute atomic E-state index is 0.0777. The maximum atomic E-state index is 12.0. The molecule has 0 saturated carbocycles. The second-order valence-electron chi connectivity index (χ2n) is 3.99. The maximum Gasteiger partial charge on any atom is 0.251 e. The molecule has 0 saturated heterocycles. The van der Waals surface area contributed by atoms with Gasteiger partial charge in [-0.25, -0.2) is 4.98 Å². The second kappa shape index (κ2) is 5.63. The number of aryl methyl sites for hydroxylation is 1.